The number of halogens is 1. The normalized spacial score (nSPS) is 11.3. The SMILES string of the molecule is Cc1cc(F)ccc1S(=O)(=O)Nc1ncccc1N. The molecule has 0 spiro atoms. The number of nitrogen functional groups attached to an aromatic ring is 1. The number of hydrogen-bond donors (Lipinski definition) is 2. The maximum Gasteiger partial charge on any atom is 0.263 e. The second-order valence-electron chi connectivity index (χ2n) is 3.96. The Morgan fingerprint density at radius 3 is 2.68 bits per heavy atom. The predicted molar refractivity (Wildman–Crippen MR) is 70.6 cm³/mol. The molecule has 0 saturated heterocycles. The van der Waals surface area contributed by atoms with Gasteiger partial charge in [0.05, 0.1) is 10.6 Å². The Morgan fingerprint density at radius 2 is 2.05 bits per heavy atom. The van der Waals surface area contributed by atoms with Crippen LogP contribution in [0.15, 0.2) is 41.4 Å². The highest BCUT2D eigenvalue weighted by Crippen LogP contribution is 2.21. The number of aryl methyl sites for hydroxylation is 1. The lowest BCUT2D eigenvalue weighted by Gasteiger charge is -2.10. The summed E-state index contributed by atoms with van der Waals surface area (Å²) < 4.78 is 39.6. The summed E-state index contributed by atoms with van der Waals surface area (Å²) in [5, 5.41) is 0. The van der Waals surface area contributed by atoms with Gasteiger partial charge in [0.2, 0.25) is 0 Å². The Balaban J connectivity index is 2.41. The molecule has 19 heavy (non-hydrogen) atoms. The van der Waals surface area contributed by atoms with Gasteiger partial charge < -0.3 is 5.73 Å². The molecule has 0 amide bonds. The average molecular weight is 281 g/mol. The van der Waals surface area contributed by atoms with Gasteiger partial charge in [-0.15, -0.1) is 0 Å². The topological polar surface area (TPSA) is 85.1 Å². The predicted octanol–water partition coefficient (Wildman–Crippen LogP) is 1.91. The Kier molecular flexibility index (Phi) is 3.39. The first kappa shape index (κ1) is 13.3. The van der Waals surface area contributed by atoms with Crippen LogP contribution in [0.25, 0.3) is 0 Å². The van der Waals surface area contributed by atoms with Crippen molar-refractivity contribution in [3.05, 3.63) is 47.9 Å². The summed E-state index contributed by atoms with van der Waals surface area (Å²) in [6.45, 7) is 1.51. The van der Waals surface area contributed by atoms with Gasteiger partial charge in [-0.1, -0.05) is 0 Å². The Labute approximate surface area is 110 Å². The van der Waals surface area contributed by atoms with Gasteiger partial charge in [-0.2, -0.15) is 0 Å². The van der Waals surface area contributed by atoms with Crippen LogP contribution in [0.4, 0.5) is 15.9 Å². The fourth-order valence-corrected chi connectivity index (χ4v) is 2.86. The third-order valence-electron chi connectivity index (χ3n) is 2.50. The van der Waals surface area contributed by atoms with Crippen LogP contribution < -0.4 is 10.5 Å². The van der Waals surface area contributed by atoms with Crippen LogP contribution in [-0.2, 0) is 10.0 Å². The molecule has 3 N–H and O–H groups in total. The van der Waals surface area contributed by atoms with Crippen molar-refractivity contribution in [1.29, 1.82) is 0 Å². The van der Waals surface area contributed by atoms with Gasteiger partial charge in [0.25, 0.3) is 10.0 Å². The first-order valence-corrected chi connectivity index (χ1v) is 6.88. The number of nitrogens with one attached hydrogen (secondary N) is 1. The molecule has 0 aliphatic rings. The molecule has 2 aromatic rings. The quantitative estimate of drug-likeness (QED) is 0.900. The van der Waals surface area contributed by atoms with E-state index in [1.807, 2.05) is 0 Å². The molecule has 0 aliphatic heterocycles. The van der Waals surface area contributed by atoms with Crippen LogP contribution in [0.3, 0.4) is 0 Å². The molecule has 2 rings (SSSR count). The molecular weight excluding hydrogens is 269 g/mol. The van der Waals surface area contributed by atoms with E-state index in [1.165, 1.54) is 25.3 Å². The van der Waals surface area contributed by atoms with Crippen molar-refractivity contribution in [3.63, 3.8) is 0 Å². The van der Waals surface area contributed by atoms with Crippen molar-refractivity contribution in [2.75, 3.05) is 10.5 Å². The van der Waals surface area contributed by atoms with Crippen molar-refractivity contribution < 1.29 is 12.8 Å². The van der Waals surface area contributed by atoms with Gasteiger partial charge in [0, 0.05) is 6.20 Å². The van der Waals surface area contributed by atoms with E-state index in [0.717, 1.165) is 12.1 Å². The highest BCUT2D eigenvalue weighted by molar-refractivity contribution is 7.92. The van der Waals surface area contributed by atoms with Gasteiger partial charge >= 0.3 is 0 Å². The molecule has 0 unspecified atom stereocenters. The monoisotopic (exact) mass is 281 g/mol. The summed E-state index contributed by atoms with van der Waals surface area (Å²) in [7, 11) is -3.84. The van der Waals surface area contributed by atoms with Crippen LogP contribution in [0.5, 0.6) is 0 Å². The van der Waals surface area contributed by atoms with Crippen LogP contribution in [0.1, 0.15) is 5.56 Å². The Morgan fingerprint density at radius 1 is 1.32 bits per heavy atom. The minimum Gasteiger partial charge on any atom is -0.396 e. The maximum atomic E-state index is 13.0. The number of anilines is 2. The summed E-state index contributed by atoms with van der Waals surface area (Å²) in [6.07, 6.45) is 1.42. The molecule has 1 aromatic heterocycles. The molecule has 100 valence electrons. The number of benzene rings is 1. The molecule has 1 heterocycles. The zero-order valence-electron chi connectivity index (χ0n) is 10.1. The van der Waals surface area contributed by atoms with Crippen molar-refractivity contribution >= 4 is 21.5 Å². The fourth-order valence-electron chi connectivity index (χ4n) is 1.60. The number of nitrogens with two attached hydrogens (primary N) is 1. The smallest absolute Gasteiger partial charge is 0.263 e. The summed E-state index contributed by atoms with van der Waals surface area (Å²) >= 11 is 0. The lowest BCUT2D eigenvalue weighted by atomic mass is 10.2. The van der Waals surface area contributed by atoms with Crippen molar-refractivity contribution in [2.45, 2.75) is 11.8 Å². The number of pyridine rings is 1. The van der Waals surface area contributed by atoms with Gasteiger partial charge in [-0.25, -0.2) is 17.8 Å². The van der Waals surface area contributed by atoms with Gasteiger partial charge in [0.1, 0.15) is 5.82 Å². The first-order chi connectivity index (χ1) is 8.90. The van der Waals surface area contributed by atoms with Crippen LogP contribution in [-0.4, -0.2) is 13.4 Å². The van der Waals surface area contributed by atoms with Gasteiger partial charge in [0.15, 0.2) is 5.82 Å². The molecule has 0 saturated carbocycles. The minimum absolute atomic E-state index is 0.0149. The van der Waals surface area contributed by atoms with E-state index >= 15 is 0 Å². The third-order valence-corrected chi connectivity index (χ3v) is 4.00. The lowest BCUT2D eigenvalue weighted by Crippen LogP contribution is -2.16. The van der Waals surface area contributed by atoms with E-state index in [1.54, 1.807) is 6.07 Å². The highest BCUT2D eigenvalue weighted by Gasteiger charge is 2.18. The van der Waals surface area contributed by atoms with E-state index in [0.29, 0.717) is 5.56 Å². The number of rotatable bonds is 3. The van der Waals surface area contributed by atoms with E-state index in [4.69, 9.17) is 5.73 Å². The van der Waals surface area contributed by atoms with Gasteiger partial charge in [-0.05, 0) is 42.8 Å². The second kappa shape index (κ2) is 4.85. The van der Waals surface area contributed by atoms with Crippen LogP contribution in [0, 0.1) is 12.7 Å². The molecule has 0 aliphatic carbocycles. The third kappa shape index (κ3) is 2.82. The average Bonchev–Trinajstić information content (AvgIpc) is 2.31. The zero-order chi connectivity index (χ0) is 14.0. The van der Waals surface area contributed by atoms with Crippen molar-refractivity contribution in [3.8, 4) is 0 Å². The zero-order valence-corrected chi connectivity index (χ0v) is 10.9. The second-order valence-corrected chi connectivity index (χ2v) is 5.61. The molecule has 7 heteroatoms. The molecule has 0 bridgehead atoms. The molecular formula is C12H12FN3O2S. The molecule has 0 radical (unpaired) electrons. The van der Waals surface area contributed by atoms with E-state index < -0.39 is 15.8 Å². The molecule has 0 fully saturated rings. The van der Waals surface area contributed by atoms with E-state index in [-0.39, 0.29) is 16.4 Å². The largest absolute Gasteiger partial charge is 0.396 e. The molecule has 5 nitrogen and oxygen atoms in total. The number of sulfonamides is 1. The number of aromatic nitrogens is 1. The Hall–Kier alpha value is -2.15. The number of hydrogen-bond acceptors (Lipinski definition) is 4. The van der Waals surface area contributed by atoms with E-state index in [2.05, 4.69) is 9.71 Å². The Bertz CT molecular complexity index is 717. The summed E-state index contributed by atoms with van der Waals surface area (Å²) in [5.41, 5.74) is 6.14. The summed E-state index contributed by atoms with van der Waals surface area (Å²) in [5.74, 6) is -0.444. The molecule has 1 aromatic carbocycles. The summed E-state index contributed by atoms with van der Waals surface area (Å²) in [6, 6.07) is 6.56. The van der Waals surface area contributed by atoms with Crippen molar-refractivity contribution in [1.82, 2.24) is 4.98 Å². The standard InChI is InChI=1S/C12H12FN3O2S/c1-8-7-9(13)4-5-11(8)19(17,18)16-12-10(14)3-2-6-15-12/h2-7H,14H2,1H3,(H,15,16). The highest BCUT2D eigenvalue weighted by atomic mass is 32.2. The minimum atomic E-state index is -3.84. The van der Waals surface area contributed by atoms with Crippen LogP contribution in [0.2, 0.25) is 0 Å². The maximum absolute atomic E-state index is 13.0. The van der Waals surface area contributed by atoms with Crippen molar-refractivity contribution in [2.24, 2.45) is 0 Å². The first-order valence-electron chi connectivity index (χ1n) is 5.39. The fraction of sp³-hybridized carbons (Fsp3) is 0.0833. The summed E-state index contributed by atoms with van der Waals surface area (Å²) in [4.78, 5) is 3.83. The van der Waals surface area contributed by atoms with Crippen LogP contribution >= 0.6 is 0 Å². The lowest BCUT2D eigenvalue weighted by molar-refractivity contribution is 0.598. The molecule has 0 atom stereocenters. The van der Waals surface area contributed by atoms with E-state index in [9.17, 15) is 12.8 Å². The number of nitrogens with zero attached hydrogens (tertiary/aromatic N) is 1. The van der Waals surface area contributed by atoms with Gasteiger partial charge in [-0.3, -0.25) is 4.72 Å².